The lowest BCUT2D eigenvalue weighted by atomic mass is 10.3. The molecule has 0 fully saturated rings. The molecule has 0 amide bonds. The maximum atomic E-state index is 12.4. The lowest BCUT2D eigenvalue weighted by Crippen LogP contribution is -2.22. The van der Waals surface area contributed by atoms with Crippen molar-refractivity contribution < 1.29 is 22.5 Å². The molecule has 11 nitrogen and oxygen atoms in total. The number of esters is 1. The van der Waals surface area contributed by atoms with Crippen molar-refractivity contribution >= 4 is 27.0 Å². The third-order valence-corrected chi connectivity index (χ3v) is 7.27. The molecule has 0 atom stereocenters. The van der Waals surface area contributed by atoms with Crippen LogP contribution in [0.4, 0.5) is 0 Å². The van der Waals surface area contributed by atoms with Crippen LogP contribution in [0, 0.1) is 0 Å². The Labute approximate surface area is 202 Å². The van der Waals surface area contributed by atoms with Crippen molar-refractivity contribution in [2.45, 2.75) is 30.6 Å². The van der Waals surface area contributed by atoms with Crippen LogP contribution >= 0.6 is 0 Å². The minimum Gasteiger partial charge on any atom is -0.466 e. The van der Waals surface area contributed by atoms with E-state index in [4.69, 9.17) is 9.26 Å². The van der Waals surface area contributed by atoms with E-state index in [1.807, 2.05) is 17.7 Å². The number of hydrogen-bond acceptors (Lipinski definition) is 9. The standard InChI is InChI=1S/C23H26N6O5S/c1-28(2)35(31,32)17-8-9-19-18(14-17)25-20(29(19)3)10-11-22(30)33-13-5-7-21-26-23(27-34-21)16-6-4-12-24-15-16/h4,6,8-9,12,14-15H,5,7,10-11,13H2,1-3H3. The molecule has 4 aromatic rings. The number of aryl methyl sites for hydroxylation is 3. The van der Waals surface area contributed by atoms with E-state index >= 15 is 0 Å². The molecular formula is C23H26N6O5S. The number of aromatic nitrogens is 5. The molecule has 0 saturated heterocycles. The number of sulfonamides is 1. The van der Waals surface area contributed by atoms with Gasteiger partial charge in [-0.15, -0.1) is 0 Å². The monoisotopic (exact) mass is 498 g/mol. The maximum Gasteiger partial charge on any atom is 0.306 e. The van der Waals surface area contributed by atoms with E-state index in [2.05, 4.69) is 20.1 Å². The number of hydrogen-bond donors (Lipinski definition) is 0. The SMILES string of the molecule is CN(C)S(=O)(=O)c1ccc2c(c1)nc(CCC(=O)OCCCc1nc(-c3cccnc3)no1)n2C. The van der Waals surface area contributed by atoms with Crippen LogP contribution in [0.2, 0.25) is 0 Å². The molecule has 0 aliphatic carbocycles. The first kappa shape index (κ1) is 24.5. The van der Waals surface area contributed by atoms with Crippen LogP contribution in [0.1, 0.15) is 24.6 Å². The fourth-order valence-electron chi connectivity index (χ4n) is 3.49. The Morgan fingerprint density at radius 1 is 1.17 bits per heavy atom. The molecule has 184 valence electrons. The average Bonchev–Trinajstić information content (AvgIpc) is 3.45. The number of benzene rings is 1. The highest BCUT2D eigenvalue weighted by atomic mass is 32.2. The second kappa shape index (κ2) is 10.3. The molecular weight excluding hydrogens is 472 g/mol. The predicted molar refractivity (Wildman–Crippen MR) is 127 cm³/mol. The molecule has 0 unspecified atom stereocenters. The largest absolute Gasteiger partial charge is 0.466 e. The minimum absolute atomic E-state index is 0.158. The molecule has 3 heterocycles. The van der Waals surface area contributed by atoms with E-state index in [9.17, 15) is 13.2 Å². The van der Waals surface area contributed by atoms with Gasteiger partial charge in [-0.2, -0.15) is 4.98 Å². The predicted octanol–water partition coefficient (Wildman–Crippen LogP) is 2.38. The highest BCUT2D eigenvalue weighted by Gasteiger charge is 2.19. The molecule has 35 heavy (non-hydrogen) atoms. The number of pyridine rings is 1. The molecule has 4 rings (SSSR count). The fraction of sp³-hybridized carbons (Fsp3) is 0.348. The smallest absolute Gasteiger partial charge is 0.306 e. The van der Waals surface area contributed by atoms with Crippen LogP contribution in [0.15, 0.2) is 52.1 Å². The molecule has 0 radical (unpaired) electrons. The second-order valence-corrected chi connectivity index (χ2v) is 10.3. The molecule has 0 N–H and O–H groups in total. The summed E-state index contributed by atoms with van der Waals surface area (Å²) in [4.78, 5) is 25.3. The van der Waals surface area contributed by atoms with Crippen molar-refractivity contribution in [2.75, 3.05) is 20.7 Å². The van der Waals surface area contributed by atoms with Gasteiger partial charge in [0, 0.05) is 51.9 Å². The summed E-state index contributed by atoms with van der Waals surface area (Å²) in [5.41, 5.74) is 2.12. The van der Waals surface area contributed by atoms with Crippen molar-refractivity contribution in [3.05, 3.63) is 54.4 Å². The number of imidazole rings is 1. The van der Waals surface area contributed by atoms with Gasteiger partial charge in [0.25, 0.3) is 0 Å². The van der Waals surface area contributed by atoms with Gasteiger partial charge in [-0.25, -0.2) is 17.7 Å². The van der Waals surface area contributed by atoms with Crippen molar-refractivity contribution in [3.63, 3.8) is 0 Å². The summed E-state index contributed by atoms with van der Waals surface area (Å²) < 4.78 is 38.3. The quantitative estimate of drug-likeness (QED) is 0.239. The van der Waals surface area contributed by atoms with E-state index in [1.54, 1.807) is 36.7 Å². The normalized spacial score (nSPS) is 11.9. The molecule has 12 heteroatoms. The lowest BCUT2D eigenvalue weighted by molar-refractivity contribution is -0.143. The summed E-state index contributed by atoms with van der Waals surface area (Å²) in [5, 5.41) is 3.94. The van der Waals surface area contributed by atoms with Crippen molar-refractivity contribution in [2.24, 2.45) is 7.05 Å². The third-order valence-electron chi connectivity index (χ3n) is 5.46. The number of carbonyl (C=O) groups excluding carboxylic acids is 1. The number of fused-ring (bicyclic) bond motifs is 1. The van der Waals surface area contributed by atoms with E-state index in [0.717, 1.165) is 15.4 Å². The Morgan fingerprint density at radius 2 is 2.00 bits per heavy atom. The Morgan fingerprint density at radius 3 is 2.74 bits per heavy atom. The molecule has 1 aromatic carbocycles. The zero-order chi connectivity index (χ0) is 25.0. The lowest BCUT2D eigenvalue weighted by Gasteiger charge is -2.10. The van der Waals surface area contributed by atoms with E-state index < -0.39 is 10.0 Å². The number of carbonyl (C=O) groups is 1. The van der Waals surface area contributed by atoms with Crippen molar-refractivity contribution in [1.29, 1.82) is 0 Å². The van der Waals surface area contributed by atoms with Gasteiger partial charge >= 0.3 is 5.97 Å². The van der Waals surface area contributed by atoms with Crippen LogP contribution in [0.5, 0.6) is 0 Å². The first-order valence-electron chi connectivity index (χ1n) is 11.0. The summed E-state index contributed by atoms with van der Waals surface area (Å²) in [6.07, 6.45) is 4.90. The van der Waals surface area contributed by atoms with Gasteiger partial charge in [0.15, 0.2) is 0 Å². The number of ether oxygens (including phenoxy) is 1. The maximum absolute atomic E-state index is 12.4. The van der Waals surface area contributed by atoms with Crippen LogP contribution in [-0.4, -0.2) is 64.1 Å². The highest BCUT2D eigenvalue weighted by Crippen LogP contribution is 2.22. The summed E-state index contributed by atoms with van der Waals surface area (Å²) in [6.45, 7) is 0.234. The summed E-state index contributed by atoms with van der Waals surface area (Å²) in [6, 6.07) is 8.46. The van der Waals surface area contributed by atoms with Gasteiger partial charge in [-0.05, 0) is 36.8 Å². The van der Waals surface area contributed by atoms with E-state index in [-0.39, 0.29) is 23.9 Å². The zero-order valence-corrected chi connectivity index (χ0v) is 20.5. The van der Waals surface area contributed by atoms with Gasteiger partial charge < -0.3 is 13.8 Å². The topological polar surface area (TPSA) is 133 Å². The molecule has 0 aliphatic heterocycles. The van der Waals surface area contributed by atoms with Crippen molar-refractivity contribution in [3.8, 4) is 11.4 Å². The number of rotatable bonds is 10. The van der Waals surface area contributed by atoms with Crippen LogP contribution in [-0.2, 0) is 39.4 Å². The zero-order valence-electron chi connectivity index (χ0n) is 19.7. The molecule has 3 aromatic heterocycles. The summed E-state index contributed by atoms with van der Waals surface area (Å²) in [7, 11) is 1.25. The second-order valence-electron chi connectivity index (χ2n) is 8.10. The van der Waals surface area contributed by atoms with E-state index in [1.165, 1.54) is 14.1 Å². The Hall–Kier alpha value is -3.64. The Bertz CT molecular complexity index is 1430. The summed E-state index contributed by atoms with van der Waals surface area (Å²) in [5.74, 6) is 1.27. The molecule has 0 spiro atoms. The average molecular weight is 499 g/mol. The van der Waals surface area contributed by atoms with Gasteiger partial charge in [0.05, 0.1) is 29.0 Å². The summed E-state index contributed by atoms with van der Waals surface area (Å²) >= 11 is 0. The van der Waals surface area contributed by atoms with Gasteiger partial charge in [0.1, 0.15) is 5.82 Å². The fourth-order valence-corrected chi connectivity index (χ4v) is 4.41. The number of nitrogens with zero attached hydrogens (tertiary/aromatic N) is 6. The highest BCUT2D eigenvalue weighted by molar-refractivity contribution is 7.89. The molecule has 0 bridgehead atoms. The first-order valence-corrected chi connectivity index (χ1v) is 12.5. The van der Waals surface area contributed by atoms with Crippen LogP contribution in [0.3, 0.4) is 0 Å². The van der Waals surface area contributed by atoms with Crippen molar-refractivity contribution in [1.82, 2.24) is 29.0 Å². The third kappa shape index (κ3) is 5.54. The van der Waals surface area contributed by atoms with Gasteiger partial charge in [-0.3, -0.25) is 9.78 Å². The Kier molecular flexibility index (Phi) is 7.22. The molecule has 0 aliphatic rings. The molecule has 0 saturated carbocycles. The first-order chi connectivity index (χ1) is 16.8. The van der Waals surface area contributed by atoms with Gasteiger partial charge in [-0.1, -0.05) is 5.16 Å². The van der Waals surface area contributed by atoms with E-state index in [0.29, 0.717) is 42.3 Å². The Balaban J connectivity index is 1.27. The van der Waals surface area contributed by atoms with Gasteiger partial charge in [0.2, 0.25) is 21.7 Å². The minimum atomic E-state index is -3.55. The van der Waals surface area contributed by atoms with Crippen LogP contribution < -0.4 is 0 Å². The van der Waals surface area contributed by atoms with Crippen LogP contribution in [0.25, 0.3) is 22.4 Å².